The Kier molecular flexibility index (Phi) is 3.97. The zero-order valence-electron chi connectivity index (χ0n) is 12.4. The third-order valence-electron chi connectivity index (χ3n) is 4.36. The average molecular weight is 269 g/mol. The number of nitrogens with zero attached hydrogens (tertiary/aromatic N) is 2. The molecule has 2 aliphatic heterocycles. The molecule has 0 radical (unpaired) electrons. The first-order valence-electron chi connectivity index (χ1n) is 7.65. The molecule has 2 atom stereocenters. The van der Waals surface area contributed by atoms with Crippen molar-refractivity contribution in [2.45, 2.75) is 51.6 Å². The second-order valence-electron chi connectivity index (χ2n) is 5.85. The van der Waals surface area contributed by atoms with Crippen LogP contribution in [0.25, 0.3) is 0 Å². The Labute approximate surface area is 121 Å². The molecule has 1 saturated heterocycles. The van der Waals surface area contributed by atoms with Crippen molar-refractivity contribution in [3.05, 3.63) is 41.2 Å². The first-order chi connectivity index (χ1) is 9.75. The normalized spacial score (nSPS) is 26.9. The van der Waals surface area contributed by atoms with Gasteiger partial charge in [0.15, 0.2) is 0 Å². The van der Waals surface area contributed by atoms with Gasteiger partial charge in [0, 0.05) is 18.8 Å². The number of piperidine rings is 1. The van der Waals surface area contributed by atoms with Crippen molar-refractivity contribution in [1.29, 1.82) is 0 Å². The van der Waals surface area contributed by atoms with Gasteiger partial charge in [0.25, 0.3) is 0 Å². The van der Waals surface area contributed by atoms with Crippen LogP contribution in [0.15, 0.2) is 35.0 Å². The highest BCUT2D eigenvalue weighted by Gasteiger charge is 2.28. The standard InChI is InChI=1S/C17H23N3/c1-12-6-4-10-18-16(12)14-8-3-9-15(20-14)17-13(2)7-5-11-19-17/h4,6-7,10,14-15,20H,3,5,8-9,11H2,1-2H3/t14-,15+/m1/s1. The lowest BCUT2D eigenvalue weighted by atomic mass is 9.89. The summed E-state index contributed by atoms with van der Waals surface area (Å²) in [5.74, 6) is 0. The molecule has 3 rings (SSSR count). The fourth-order valence-electron chi connectivity index (χ4n) is 3.31. The van der Waals surface area contributed by atoms with E-state index in [1.165, 1.54) is 41.8 Å². The van der Waals surface area contributed by atoms with Gasteiger partial charge in [-0.15, -0.1) is 0 Å². The van der Waals surface area contributed by atoms with E-state index in [0.29, 0.717) is 12.1 Å². The maximum Gasteiger partial charge on any atom is 0.0602 e. The van der Waals surface area contributed by atoms with E-state index in [4.69, 9.17) is 4.99 Å². The maximum atomic E-state index is 4.75. The molecular weight excluding hydrogens is 246 g/mol. The van der Waals surface area contributed by atoms with E-state index < -0.39 is 0 Å². The molecule has 0 aromatic carbocycles. The first kappa shape index (κ1) is 13.5. The SMILES string of the molecule is CC1=CCCN=C1[C@@H]1CCC[C@H](c2ncccc2C)N1. The highest BCUT2D eigenvalue weighted by molar-refractivity contribution is 6.04. The summed E-state index contributed by atoms with van der Waals surface area (Å²) in [4.78, 5) is 9.33. The number of nitrogens with one attached hydrogen (secondary N) is 1. The van der Waals surface area contributed by atoms with Crippen LogP contribution in [-0.2, 0) is 0 Å². The molecule has 1 aromatic heterocycles. The molecule has 1 fully saturated rings. The van der Waals surface area contributed by atoms with Crippen LogP contribution >= 0.6 is 0 Å². The molecule has 0 bridgehead atoms. The molecule has 106 valence electrons. The highest BCUT2D eigenvalue weighted by atomic mass is 15.0. The number of aryl methyl sites for hydroxylation is 1. The van der Waals surface area contributed by atoms with E-state index in [2.05, 4.69) is 36.3 Å². The second-order valence-corrected chi connectivity index (χ2v) is 5.85. The zero-order valence-corrected chi connectivity index (χ0v) is 12.4. The minimum Gasteiger partial charge on any atom is -0.300 e. The van der Waals surface area contributed by atoms with E-state index in [1.807, 2.05) is 12.3 Å². The van der Waals surface area contributed by atoms with Crippen LogP contribution in [0.1, 0.15) is 49.9 Å². The molecular formula is C17H23N3. The number of pyridine rings is 1. The fourth-order valence-corrected chi connectivity index (χ4v) is 3.31. The topological polar surface area (TPSA) is 37.3 Å². The van der Waals surface area contributed by atoms with Crippen molar-refractivity contribution in [3.8, 4) is 0 Å². The van der Waals surface area contributed by atoms with Gasteiger partial charge in [0.1, 0.15) is 0 Å². The van der Waals surface area contributed by atoms with E-state index >= 15 is 0 Å². The summed E-state index contributed by atoms with van der Waals surface area (Å²) >= 11 is 0. The van der Waals surface area contributed by atoms with Crippen LogP contribution in [0.3, 0.4) is 0 Å². The smallest absolute Gasteiger partial charge is 0.0602 e. The Balaban J connectivity index is 1.79. The minimum absolute atomic E-state index is 0.368. The maximum absolute atomic E-state index is 4.75. The van der Waals surface area contributed by atoms with E-state index in [0.717, 1.165) is 13.0 Å². The molecule has 2 aliphatic rings. The van der Waals surface area contributed by atoms with Crippen molar-refractivity contribution >= 4 is 5.71 Å². The van der Waals surface area contributed by atoms with E-state index in [-0.39, 0.29) is 0 Å². The minimum atomic E-state index is 0.368. The van der Waals surface area contributed by atoms with Gasteiger partial charge in [-0.3, -0.25) is 9.98 Å². The summed E-state index contributed by atoms with van der Waals surface area (Å²) in [6, 6.07) is 4.92. The van der Waals surface area contributed by atoms with Crippen molar-refractivity contribution < 1.29 is 0 Å². The fraction of sp³-hybridized carbons (Fsp3) is 0.529. The lowest BCUT2D eigenvalue weighted by molar-refractivity contribution is 0.368. The van der Waals surface area contributed by atoms with Gasteiger partial charge in [-0.05, 0) is 56.7 Å². The second kappa shape index (κ2) is 5.88. The molecule has 20 heavy (non-hydrogen) atoms. The largest absolute Gasteiger partial charge is 0.300 e. The highest BCUT2D eigenvalue weighted by Crippen LogP contribution is 2.28. The molecule has 0 aliphatic carbocycles. The number of aliphatic imine (C=N–C) groups is 1. The summed E-state index contributed by atoms with van der Waals surface area (Å²) in [7, 11) is 0. The Morgan fingerprint density at radius 2 is 2.05 bits per heavy atom. The molecule has 3 heteroatoms. The number of dihydropyridines is 1. The predicted octanol–water partition coefficient (Wildman–Crippen LogP) is 3.36. The third-order valence-corrected chi connectivity index (χ3v) is 4.36. The molecule has 1 N–H and O–H groups in total. The molecule has 3 heterocycles. The number of hydrogen-bond acceptors (Lipinski definition) is 3. The van der Waals surface area contributed by atoms with Crippen LogP contribution in [0.5, 0.6) is 0 Å². The zero-order chi connectivity index (χ0) is 13.9. The number of aromatic nitrogens is 1. The van der Waals surface area contributed by atoms with E-state index in [1.54, 1.807) is 0 Å². The van der Waals surface area contributed by atoms with Crippen LogP contribution in [0, 0.1) is 6.92 Å². The Morgan fingerprint density at radius 3 is 2.85 bits per heavy atom. The molecule has 0 unspecified atom stereocenters. The van der Waals surface area contributed by atoms with Crippen LogP contribution in [0.4, 0.5) is 0 Å². The lowest BCUT2D eigenvalue weighted by Crippen LogP contribution is -2.43. The first-order valence-corrected chi connectivity index (χ1v) is 7.65. The number of rotatable bonds is 2. The van der Waals surface area contributed by atoms with Gasteiger partial charge in [0.2, 0.25) is 0 Å². The lowest BCUT2D eigenvalue weighted by Gasteiger charge is -2.33. The van der Waals surface area contributed by atoms with Gasteiger partial charge in [-0.1, -0.05) is 12.1 Å². The van der Waals surface area contributed by atoms with E-state index in [9.17, 15) is 0 Å². The average Bonchev–Trinajstić information content (AvgIpc) is 2.48. The summed E-state index contributed by atoms with van der Waals surface area (Å²) in [5, 5.41) is 3.78. The Hall–Kier alpha value is -1.48. The van der Waals surface area contributed by atoms with Crippen molar-refractivity contribution in [1.82, 2.24) is 10.3 Å². The molecule has 0 spiro atoms. The summed E-state index contributed by atoms with van der Waals surface area (Å²) < 4.78 is 0. The van der Waals surface area contributed by atoms with Crippen LogP contribution in [-0.4, -0.2) is 23.3 Å². The molecule has 0 saturated carbocycles. The number of hydrogen-bond donors (Lipinski definition) is 1. The van der Waals surface area contributed by atoms with Gasteiger partial charge in [-0.25, -0.2) is 0 Å². The Morgan fingerprint density at radius 1 is 1.20 bits per heavy atom. The van der Waals surface area contributed by atoms with Crippen LogP contribution in [0.2, 0.25) is 0 Å². The van der Waals surface area contributed by atoms with Gasteiger partial charge in [-0.2, -0.15) is 0 Å². The van der Waals surface area contributed by atoms with Gasteiger partial charge < -0.3 is 5.32 Å². The predicted molar refractivity (Wildman–Crippen MR) is 83.2 cm³/mol. The van der Waals surface area contributed by atoms with Gasteiger partial charge in [0.05, 0.1) is 17.4 Å². The molecule has 0 amide bonds. The Bertz CT molecular complexity index is 545. The molecule has 1 aromatic rings. The summed E-state index contributed by atoms with van der Waals surface area (Å²) in [5.41, 5.74) is 5.11. The third kappa shape index (κ3) is 2.68. The van der Waals surface area contributed by atoms with Crippen molar-refractivity contribution in [2.24, 2.45) is 4.99 Å². The molecule has 3 nitrogen and oxygen atoms in total. The summed E-state index contributed by atoms with van der Waals surface area (Å²) in [6.45, 7) is 5.28. The van der Waals surface area contributed by atoms with Crippen LogP contribution < -0.4 is 5.32 Å². The van der Waals surface area contributed by atoms with Crippen molar-refractivity contribution in [3.63, 3.8) is 0 Å². The quantitative estimate of drug-likeness (QED) is 0.894. The van der Waals surface area contributed by atoms with Crippen molar-refractivity contribution in [2.75, 3.05) is 6.54 Å². The van der Waals surface area contributed by atoms with Gasteiger partial charge >= 0.3 is 0 Å². The summed E-state index contributed by atoms with van der Waals surface area (Å²) in [6.07, 6.45) is 8.91. The monoisotopic (exact) mass is 269 g/mol.